The number of nitrogens with one attached hydrogen (secondary N) is 1. The summed E-state index contributed by atoms with van der Waals surface area (Å²) in [5.74, 6) is 1.38. The fraction of sp³-hybridized carbons (Fsp3) is 0.548. The van der Waals surface area contributed by atoms with Crippen LogP contribution in [0.3, 0.4) is 0 Å². The molecule has 1 atom stereocenters. The summed E-state index contributed by atoms with van der Waals surface area (Å²) in [4.78, 5) is 26.8. The Labute approximate surface area is 228 Å². The van der Waals surface area contributed by atoms with Crippen LogP contribution in [0.25, 0.3) is 0 Å². The molecule has 0 heterocycles. The minimum absolute atomic E-state index is 0.0409. The number of hydrogen-bond acceptors (Lipinski definition) is 5. The highest BCUT2D eigenvalue weighted by Gasteiger charge is 2.24. The molecule has 0 aliphatic rings. The van der Waals surface area contributed by atoms with Crippen LogP contribution >= 0.6 is 11.8 Å². The molecule has 0 spiro atoms. The molecule has 0 saturated heterocycles. The number of anilines is 1. The number of ether oxygens (including phenoxy) is 2. The summed E-state index contributed by atoms with van der Waals surface area (Å²) in [7, 11) is 3.06. The van der Waals surface area contributed by atoms with Crippen LogP contribution < -0.4 is 10.1 Å². The van der Waals surface area contributed by atoms with Gasteiger partial charge >= 0.3 is 5.97 Å². The van der Waals surface area contributed by atoms with Crippen molar-refractivity contribution in [3.05, 3.63) is 53.1 Å². The second kappa shape index (κ2) is 15.1. The van der Waals surface area contributed by atoms with Gasteiger partial charge < -0.3 is 14.8 Å². The predicted molar refractivity (Wildman–Crippen MR) is 155 cm³/mol. The van der Waals surface area contributed by atoms with Gasteiger partial charge in [-0.15, -0.1) is 11.8 Å². The van der Waals surface area contributed by atoms with Crippen LogP contribution in [-0.2, 0) is 14.9 Å². The highest BCUT2D eigenvalue weighted by atomic mass is 32.2. The first kappa shape index (κ1) is 30.8. The Hall–Kier alpha value is -2.47. The molecule has 2 rings (SSSR count). The first-order chi connectivity index (χ1) is 17.6. The summed E-state index contributed by atoms with van der Waals surface area (Å²) in [6.45, 7) is 10.6. The van der Waals surface area contributed by atoms with E-state index in [1.165, 1.54) is 31.3 Å². The SMILES string of the molecule is CCCCCCCC(CC(=O)Nc1cc(C(=O)OC)ccc1C(C)(C)C)c1ccc(SCC)cc1OC. The molecular weight excluding hydrogens is 482 g/mol. The number of unbranched alkanes of at least 4 members (excludes halogenated alkanes) is 4. The van der Waals surface area contributed by atoms with Crippen LogP contribution in [0.1, 0.15) is 107 Å². The number of hydrogen-bond donors (Lipinski definition) is 1. The highest BCUT2D eigenvalue weighted by molar-refractivity contribution is 7.99. The van der Waals surface area contributed by atoms with Crippen LogP contribution in [-0.4, -0.2) is 31.8 Å². The number of thioether (sulfide) groups is 1. The lowest BCUT2D eigenvalue weighted by atomic mass is 9.85. The standard InChI is InChI=1S/C31H45NO4S/c1-8-10-11-12-13-14-22(25-17-16-24(37-9-2)21-28(25)35-6)20-29(33)32-27-19-23(30(34)36-7)15-18-26(27)31(3,4)5/h15-19,21-22H,8-14,20H2,1-7H3,(H,32,33). The summed E-state index contributed by atoms with van der Waals surface area (Å²) in [6, 6.07) is 11.7. The van der Waals surface area contributed by atoms with Gasteiger partial charge in [-0.05, 0) is 58.9 Å². The van der Waals surface area contributed by atoms with E-state index in [1.807, 2.05) is 6.07 Å². The quantitative estimate of drug-likeness (QED) is 0.152. The zero-order valence-corrected chi connectivity index (χ0v) is 24.6. The normalized spacial score (nSPS) is 12.2. The summed E-state index contributed by atoms with van der Waals surface area (Å²) >= 11 is 1.78. The van der Waals surface area contributed by atoms with E-state index in [4.69, 9.17) is 9.47 Å². The summed E-state index contributed by atoms with van der Waals surface area (Å²) in [6.07, 6.45) is 7.15. The van der Waals surface area contributed by atoms with Gasteiger partial charge in [-0.3, -0.25) is 4.79 Å². The van der Waals surface area contributed by atoms with Gasteiger partial charge in [0.2, 0.25) is 5.91 Å². The Bertz CT molecular complexity index is 1030. The molecule has 204 valence electrons. The Balaban J connectivity index is 2.32. The van der Waals surface area contributed by atoms with Crippen LogP contribution in [0.2, 0.25) is 0 Å². The van der Waals surface area contributed by atoms with Gasteiger partial charge in [0.05, 0.1) is 19.8 Å². The van der Waals surface area contributed by atoms with Crippen LogP contribution in [0, 0.1) is 0 Å². The maximum absolute atomic E-state index is 13.5. The lowest BCUT2D eigenvalue weighted by Gasteiger charge is -2.25. The highest BCUT2D eigenvalue weighted by Crippen LogP contribution is 2.37. The molecular formula is C31H45NO4S. The third kappa shape index (κ3) is 9.41. The second-order valence-electron chi connectivity index (χ2n) is 10.5. The van der Waals surface area contributed by atoms with Gasteiger partial charge in [0, 0.05) is 17.0 Å². The molecule has 0 radical (unpaired) electrons. The van der Waals surface area contributed by atoms with E-state index in [9.17, 15) is 9.59 Å². The van der Waals surface area contributed by atoms with Gasteiger partial charge in [-0.25, -0.2) is 4.79 Å². The van der Waals surface area contributed by atoms with Gasteiger partial charge in [-0.1, -0.05) is 78.9 Å². The number of rotatable bonds is 14. The monoisotopic (exact) mass is 527 g/mol. The number of methoxy groups -OCH3 is 2. The zero-order valence-electron chi connectivity index (χ0n) is 23.7. The van der Waals surface area contributed by atoms with Gasteiger partial charge in [0.1, 0.15) is 5.75 Å². The van der Waals surface area contributed by atoms with E-state index in [1.54, 1.807) is 31.0 Å². The maximum atomic E-state index is 13.5. The molecule has 0 bridgehead atoms. The number of carbonyl (C=O) groups is 2. The summed E-state index contributed by atoms with van der Waals surface area (Å²) in [5, 5.41) is 3.12. The third-order valence-electron chi connectivity index (χ3n) is 6.57. The van der Waals surface area contributed by atoms with Crippen molar-refractivity contribution in [1.29, 1.82) is 0 Å². The van der Waals surface area contributed by atoms with Crippen molar-refractivity contribution < 1.29 is 19.1 Å². The van der Waals surface area contributed by atoms with Crippen molar-refractivity contribution in [3.63, 3.8) is 0 Å². The molecule has 0 saturated carbocycles. The van der Waals surface area contributed by atoms with Crippen LogP contribution in [0.5, 0.6) is 5.75 Å². The van der Waals surface area contributed by atoms with Crippen molar-refractivity contribution in [2.75, 3.05) is 25.3 Å². The first-order valence-electron chi connectivity index (χ1n) is 13.5. The lowest BCUT2D eigenvalue weighted by molar-refractivity contribution is -0.116. The van der Waals surface area contributed by atoms with E-state index in [0.717, 1.165) is 41.9 Å². The van der Waals surface area contributed by atoms with Crippen molar-refractivity contribution >= 4 is 29.3 Å². The minimum atomic E-state index is -0.421. The number of esters is 1. The van der Waals surface area contributed by atoms with E-state index >= 15 is 0 Å². The molecule has 0 aliphatic carbocycles. The molecule has 0 aliphatic heterocycles. The van der Waals surface area contributed by atoms with E-state index in [0.29, 0.717) is 17.7 Å². The van der Waals surface area contributed by atoms with Crippen molar-refractivity contribution in [3.8, 4) is 5.75 Å². The molecule has 6 heteroatoms. The summed E-state index contributed by atoms with van der Waals surface area (Å²) < 4.78 is 10.7. The van der Waals surface area contributed by atoms with E-state index in [-0.39, 0.29) is 17.2 Å². The van der Waals surface area contributed by atoms with Crippen molar-refractivity contribution in [1.82, 2.24) is 0 Å². The molecule has 2 aromatic rings. The molecule has 2 aromatic carbocycles. The van der Waals surface area contributed by atoms with Crippen LogP contribution in [0.15, 0.2) is 41.3 Å². The Morgan fingerprint density at radius 3 is 2.32 bits per heavy atom. The fourth-order valence-corrected chi connectivity index (χ4v) is 5.31. The Morgan fingerprint density at radius 2 is 1.70 bits per heavy atom. The molecule has 5 nitrogen and oxygen atoms in total. The fourth-order valence-electron chi connectivity index (χ4n) is 4.62. The van der Waals surface area contributed by atoms with Gasteiger partial charge in [-0.2, -0.15) is 0 Å². The maximum Gasteiger partial charge on any atom is 0.337 e. The number of amides is 1. The number of carbonyl (C=O) groups excluding carboxylic acids is 2. The topological polar surface area (TPSA) is 64.6 Å². The minimum Gasteiger partial charge on any atom is -0.496 e. The molecule has 0 fully saturated rings. The molecule has 1 N–H and O–H groups in total. The van der Waals surface area contributed by atoms with E-state index in [2.05, 4.69) is 58.1 Å². The third-order valence-corrected chi connectivity index (χ3v) is 7.44. The van der Waals surface area contributed by atoms with Crippen molar-refractivity contribution in [2.45, 2.75) is 95.8 Å². The average molecular weight is 528 g/mol. The average Bonchev–Trinajstić information content (AvgIpc) is 2.86. The largest absolute Gasteiger partial charge is 0.496 e. The molecule has 1 amide bonds. The Morgan fingerprint density at radius 1 is 0.973 bits per heavy atom. The molecule has 1 unspecified atom stereocenters. The van der Waals surface area contributed by atoms with Crippen molar-refractivity contribution in [2.24, 2.45) is 0 Å². The number of benzene rings is 2. The van der Waals surface area contributed by atoms with Gasteiger partial charge in [0.15, 0.2) is 0 Å². The zero-order chi connectivity index (χ0) is 27.4. The Kier molecular flexibility index (Phi) is 12.5. The van der Waals surface area contributed by atoms with Gasteiger partial charge in [0.25, 0.3) is 0 Å². The second-order valence-corrected chi connectivity index (χ2v) is 11.8. The first-order valence-corrected chi connectivity index (χ1v) is 14.5. The smallest absolute Gasteiger partial charge is 0.337 e. The van der Waals surface area contributed by atoms with Crippen LogP contribution in [0.4, 0.5) is 5.69 Å². The molecule has 0 aromatic heterocycles. The lowest BCUT2D eigenvalue weighted by Crippen LogP contribution is -2.21. The molecule has 37 heavy (non-hydrogen) atoms. The summed E-state index contributed by atoms with van der Waals surface area (Å²) in [5.41, 5.74) is 2.93. The van der Waals surface area contributed by atoms with E-state index < -0.39 is 5.97 Å². The predicted octanol–water partition coefficient (Wildman–Crippen LogP) is 8.36.